The van der Waals surface area contributed by atoms with E-state index in [0.717, 1.165) is 9.82 Å². The second-order valence-corrected chi connectivity index (χ2v) is 8.95. The molecule has 0 aliphatic carbocycles. The largest absolute Gasteiger partial charge is 0.454 e. The fraction of sp³-hybridized carbons (Fsp3) is 0.263. The van der Waals surface area contributed by atoms with Crippen LogP contribution in [0.2, 0.25) is 0 Å². The maximum absolute atomic E-state index is 12.5. The van der Waals surface area contributed by atoms with E-state index in [9.17, 15) is 13.2 Å². The molecule has 11 heteroatoms. The lowest BCUT2D eigenvalue weighted by Gasteiger charge is -2.11. The van der Waals surface area contributed by atoms with E-state index in [4.69, 9.17) is 4.74 Å². The maximum Gasteiger partial charge on any atom is 0.340 e. The zero-order valence-corrected chi connectivity index (χ0v) is 17.5. The number of carbonyl (C=O) groups is 1. The number of hydrogen-bond acceptors (Lipinski definition) is 7. The van der Waals surface area contributed by atoms with Gasteiger partial charge in [-0.1, -0.05) is 0 Å². The summed E-state index contributed by atoms with van der Waals surface area (Å²) >= 11 is 0. The van der Waals surface area contributed by atoms with Gasteiger partial charge in [0.15, 0.2) is 5.65 Å². The smallest absolute Gasteiger partial charge is 0.340 e. The van der Waals surface area contributed by atoms with Gasteiger partial charge in [0.25, 0.3) is 0 Å². The first-order valence-electron chi connectivity index (χ1n) is 9.19. The minimum Gasteiger partial charge on any atom is -0.454 e. The first-order chi connectivity index (χ1) is 14.3. The quantitative estimate of drug-likeness (QED) is 0.430. The van der Waals surface area contributed by atoms with Crippen molar-refractivity contribution >= 4 is 32.7 Å². The summed E-state index contributed by atoms with van der Waals surface area (Å²) in [6.07, 6.45) is 3.10. The van der Waals surface area contributed by atoms with Crippen LogP contribution in [0.5, 0.6) is 0 Å². The van der Waals surface area contributed by atoms with E-state index in [2.05, 4.69) is 15.2 Å². The molecule has 0 bridgehead atoms. The minimum atomic E-state index is -3.57. The van der Waals surface area contributed by atoms with E-state index >= 15 is 0 Å². The molecule has 4 aromatic rings. The van der Waals surface area contributed by atoms with Crippen molar-refractivity contribution in [3.8, 4) is 0 Å². The number of aryl methyl sites for hydroxylation is 1. The van der Waals surface area contributed by atoms with Crippen molar-refractivity contribution in [1.82, 2.24) is 28.5 Å². The summed E-state index contributed by atoms with van der Waals surface area (Å²) in [4.78, 5) is 17.1. The molecule has 0 unspecified atom stereocenters. The number of esters is 1. The van der Waals surface area contributed by atoms with Crippen molar-refractivity contribution in [3.05, 3.63) is 54.2 Å². The van der Waals surface area contributed by atoms with E-state index < -0.39 is 16.0 Å². The highest BCUT2D eigenvalue weighted by molar-refractivity contribution is 7.89. The van der Waals surface area contributed by atoms with Gasteiger partial charge in [0.1, 0.15) is 18.8 Å². The molecule has 0 N–H and O–H groups in total. The highest BCUT2D eigenvalue weighted by Crippen LogP contribution is 2.22. The van der Waals surface area contributed by atoms with Gasteiger partial charge in [0.05, 0.1) is 21.5 Å². The Bertz CT molecular complexity index is 1360. The lowest BCUT2D eigenvalue weighted by atomic mass is 10.3. The molecule has 0 atom stereocenters. The molecular formula is C19H20N6O4S. The van der Waals surface area contributed by atoms with Gasteiger partial charge < -0.3 is 9.30 Å². The third kappa shape index (κ3) is 3.42. The van der Waals surface area contributed by atoms with Crippen LogP contribution in [0, 0.1) is 0 Å². The Labute approximate surface area is 172 Å². The lowest BCUT2D eigenvalue weighted by molar-refractivity contribution is 0.0458. The molecule has 0 radical (unpaired) electrons. The van der Waals surface area contributed by atoms with Crippen molar-refractivity contribution in [2.45, 2.75) is 25.0 Å². The summed E-state index contributed by atoms with van der Waals surface area (Å²) in [6, 6.07) is 8.09. The summed E-state index contributed by atoms with van der Waals surface area (Å²) in [6.45, 7) is 2.49. The number of imidazole rings is 1. The Hall–Kier alpha value is -3.31. The number of aromatic nitrogens is 5. The Morgan fingerprint density at radius 3 is 2.73 bits per heavy atom. The van der Waals surface area contributed by atoms with Gasteiger partial charge >= 0.3 is 5.97 Å². The van der Waals surface area contributed by atoms with Crippen LogP contribution in [0.25, 0.3) is 16.7 Å². The fourth-order valence-corrected chi connectivity index (χ4v) is 4.08. The van der Waals surface area contributed by atoms with Crippen LogP contribution in [-0.4, -0.2) is 56.9 Å². The molecule has 3 aromatic heterocycles. The highest BCUT2D eigenvalue weighted by Gasteiger charge is 2.20. The Morgan fingerprint density at radius 2 is 2.00 bits per heavy atom. The van der Waals surface area contributed by atoms with Crippen LogP contribution < -0.4 is 0 Å². The van der Waals surface area contributed by atoms with Crippen LogP contribution in [-0.2, 0) is 27.9 Å². The Balaban J connectivity index is 1.60. The zero-order valence-electron chi connectivity index (χ0n) is 16.7. The van der Waals surface area contributed by atoms with Crippen LogP contribution in [0.4, 0.5) is 0 Å². The second-order valence-electron chi connectivity index (χ2n) is 6.80. The van der Waals surface area contributed by atoms with Crippen molar-refractivity contribution in [3.63, 3.8) is 0 Å². The van der Waals surface area contributed by atoms with E-state index in [0.29, 0.717) is 29.1 Å². The van der Waals surface area contributed by atoms with Gasteiger partial charge in [-0.2, -0.15) is 0 Å². The van der Waals surface area contributed by atoms with Crippen molar-refractivity contribution in [2.75, 3.05) is 14.1 Å². The van der Waals surface area contributed by atoms with Crippen LogP contribution in [0.15, 0.2) is 47.8 Å². The third-order valence-electron chi connectivity index (χ3n) is 4.75. The summed E-state index contributed by atoms with van der Waals surface area (Å²) in [5.41, 5.74) is 2.28. The van der Waals surface area contributed by atoms with Crippen molar-refractivity contribution < 1.29 is 17.9 Å². The minimum absolute atomic E-state index is 0.0443. The van der Waals surface area contributed by atoms with Gasteiger partial charge in [-0.3, -0.25) is 4.40 Å². The standard InChI is InChI=1S/C19H20N6O4S/c1-4-25-16-7-6-14(30(27,28)23(2)3)9-15(16)21-18(25)11-29-19(26)13-5-8-17-22-20-12-24(17)10-13/h5-10,12H,4,11H2,1-3H3. The number of benzene rings is 1. The lowest BCUT2D eigenvalue weighted by Crippen LogP contribution is -2.22. The number of nitrogens with zero attached hydrogens (tertiary/aromatic N) is 6. The second kappa shape index (κ2) is 7.50. The topological polar surface area (TPSA) is 112 Å². The molecule has 0 spiro atoms. The number of ether oxygens (including phenoxy) is 1. The number of rotatable bonds is 6. The average molecular weight is 428 g/mol. The predicted octanol–water partition coefficient (Wildman–Crippen LogP) is 1.71. The molecule has 0 fully saturated rings. The van der Waals surface area contributed by atoms with Crippen molar-refractivity contribution in [1.29, 1.82) is 0 Å². The molecule has 30 heavy (non-hydrogen) atoms. The number of fused-ring (bicyclic) bond motifs is 2. The van der Waals surface area contributed by atoms with E-state index in [-0.39, 0.29) is 11.5 Å². The van der Waals surface area contributed by atoms with Crippen LogP contribution >= 0.6 is 0 Å². The van der Waals surface area contributed by atoms with E-state index in [1.807, 2.05) is 11.5 Å². The molecule has 0 saturated carbocycles. The van der Waals surface area contributed by atoms with E-state index in [1.165, 1.54) is 26.5 Å². The molecular weight excluding hydrogens is 408 g/mol. The third-order valence-corrected chi connectivity index (χ3v) is 6.56. The molecule has 3 heterocycles. The molecule has 0 aliphatic rings. The van der Waals surface area contributed by atoms with Gasteiger partial charge in [0.2, 0.25) is 10.0 Å². The Morgan fingerprint density at radius 1 is 1.20 bits per heavy atom. The molecule has 0 aliphatic heterocycles. The summed E-state index contributed by atoms with van der Waals surface area (Å²) in [5.74, 6) is 0.0295. The summed E-state index contributed by atoms with van der Waals surface area (Å²) in [7, 11) is -0.611. The zero-order chi connectivity index (χ0) is 21.5. The van der Waals surface area contributed by atoms with Gasteiger partial charge in [-0.25, -0.2) is 22.5 Å². The number of hydrogen-bond donors (Lipinski definition) is 0. The molecule has 156 valence electrons. The summed E-state index contributed by atoms with van der Waals surface area (Å²) in [5, 5.41) is 7.68. The predicted molar refractivity (Wildman–Crippen MR) is 108 cm³/mol. The van der Waals surface area contributed by atoms with E-state index in [1.54, 1.807) is 34.9 Å². The van der Waals surface area contributed by atoms with Crippen LogP contribution in [0.3, 0.4) is 0 Å². The normalized spacial score (nSPS) is 12.1. The molecule has 10 nitrogen and oxygen atoms in total. The van der Waals surface area contributed by atoms with Gasteiger partial charge in [0, 0.05) is 26.8 Å². The number of pyridine rings is 1. The SMILES string of the molecule is CCn1c(COC(=O)c2ccc3nncn3c2)nc2cc(S(=O)(=O)N(C)C)ccc21. The number of carbonyl (C=O) groups excluding carboxylic acids is 1. The van der Waals surface area contributed by atoms with Gasteiger partial charge in [-0.15, -0.1) is 10.2 Å². The first kappa shape index (κ1) is 20.0. The molecule has 0 saturated heterocycles. The summed E-state index contributed by atoms with van der Waals surface area (Å²) < 4.78 is 34.9. The van der Waals surface area contributed by atoms with Gasteiger partial charge in [-0.05, 0) is 37.3 Å². The first-order valence-corrected chi connectivity index (χ1v) is 10.6. The molecule has 4 rings (SSSR count). The van der Waals surface area contributed by atoms with Crippen molar-refractivity contribution in [2.24, 2.45) is 0 Å². The maximum atomic E-state index is 12.5. The monoisotopic (exact) mass is 428 g/mol. The Kier molecular flexibility index (Phi) is 5.00. The highest BCUT2D eigenvalue weighted by atomic mass is 32.2. The molecule has 1 aromatic carbocycles. The molecule has 0 amide bonds. The number of sulfonamides is 1. The average Bonchev–Trinajstić information content (AvgIpc) is 3.34. The van der Waals surface area contributed by atoms with Crippen LogP contribution in [0.1, 0.15) is 23.1 Å². The fourth-order valence-electron chi connectivity index (χ4n) is 3.16.